The van der Waals surface area contributed by atoms with Gasteiger partial charge in [0, 0.05) is 30.4 Å². The maximum absolute atomic E-state index is 12.4. The van der Waals surface area contributed by atoms with Crippen molar-refractivity contribution in [1.82, 2.24) is 19.9 Å². The number of carbonyl (C=O) groups is 1. The van der Waals surface area contributed by atoms with Crippen molar-refractivity contribution >= 4 is 17.1 Å². The summed E-state index contributed by atoms with van der Waals surface area (Å²) in [5.41, 5.74) is 4.62. The summed E-state index contributed by atoms with van der Waals surface area (Å²) in [5.74, 6) is 1.71. The number of nitrogens with zero attached hydrogens (tertiary/aromatic N) is 3. The molecule has 152 valence electrons. The molecule has 0 aliphatic carbocycles. The summed E-state index contributed by atoms with van der Waals surface area (Å²) in [6, 6.07) is 19.5. The number of rotatable bonds is 7. The van der Waals surface area contributed by atoms with E-state index < -0.39 is 0 Å². The SMILES string of the molecule is CCc1nc2cccnc2n1-c1ccc(CC(=O)NCc2ccccc2OC)cc1. The summed E-state index contributed by atoms with van der Waals surface area (Å²) in [4.78, 5) is 21.6. The van der Waals surface area contributed by atoms with E-state index in [1.54, 1.807) is 13.3 Å². The van der Waals surface area contributed by atoms with Crippen LogP contribution < -0.4 is 10.1 Å². The Morgan fingerprint density at radius 1 is 1.07 bits per heavy atom. The molecule has 1 amide bonds. The van der Waals surface area contributed by atoms with Gasteiger partial charge in [-0.1, -0.05) is 37.3 Å². The first kappa shape index (κ1) is 19.6. The minimum atomic E-state index is -0.0300. The van der Waals surface area contributed by atoms with Crippen molar-refractivity contribution in [3.05, 3.63) is 83.8 Å². The van der Waals surface area contributed by atoms with Gasteiger partial charge in [0.15, 0.2) is 5.65 Å². The van der Waals surface area contributed by atoms with Crippen molar-refractivity contribution < 1.29 is 9.53 Å². The number of imidazole rings is 1. The van der Waals surface area contributed by atoms with Crippen LogP contribution in [-0.4, -0.2) is 27.6 Å². The van der Waals surface area contributed by atoms with E-state index in [1.165, 1.54) is 0 Å². The zero-order valence-electron chi connectivity index (χ0n) is 17.1. The minimum Gasteiger partial charge on any atom is -0.496 e. The van der Waals surface area contributed by atoms with Crippen LogP contribution in [0.5, 0.6) is 5.75 Å². The Morgan fingerprint density at radius 3 is 2.63 bits per heavy atom. The zero-order chi connectivity index (χ0) is 20.9. The van der Waals surface area contributed by atoms with Gasteiger partial charge in [0.25, 0.3) is 0 Å². The highest BCUT2D eigenvalue weighted by Gasteiger charge is 2.12. The molecule has 2 heterocycles. The number of para-hydroxylation sites is 1. The van der Waals surface area contributed by atoms with Gasteiger partial charge in [0.2, 0.25) is 5.91 Å². The van der Waals surface area contributed by atoms with Gasteiger partial charge in [-0.3, -0.25) is 9.36 Å². The van der Waals surface area contributed by atoms with E-state index >= 15 is 0 Å². The van der Waals surface area contributed by atoms with Crippen LogP contribution in [0, 0.1) is 0 Å². The second kappa shape index (κ2) is 8.78. The third-order valence-electron chi connectivity index (χ3n) is 5.03. The Kier molecular flexibility index (Phi) is 5.75. The Balaban J connectivity index is 1.46. The number of amides is 1. The molecule has 0 bridgehead atoms. The topological polar surface area (TPSA) is 69.0 Å². The largest absolute Gasteiger partial charge is 0.496 e. The smallest absolute Gasteiger partial charge is 0.224 e. The third kappa shape index (κ3) is 4.03. The number of pyridine rings is 1. The molecule has 0 fully saturated rings. The molecule has 0 aliphatic heterocycles. The van der Waals surface area contributed by atoms with E-state index in [-0.39, 0.29) is 5.91 Å². The van der Waals surface area contributed by atoms with Gasteiger partial charge in [-0.15, -0.1) is 0 Å². The van der Waals surface area contributed by atoms with Crippen molar-refractivity contribution in [1.29, 1.82) is 0 Å². The highest BCUT2D eigenvalue weighted by atomic mass is 16.5. The standard InChI is InChI=1S/C24H24N4O2/c1-3-22-27-20-8-6-14-25-24(20)28(22)19-12-10-17(11-13-19)15-23(29)26-16-18-7-4-5-9-21(18)30-2/h4-14H,3,15-16H2,1-2H3,(H,26,29). The minimum absolute atomic E-state index is 0.0300. The van der Waals surface area contributed by atoms with Crippen LogP contribution in [-0.2, 0) is 24.2 Å². The third-order valence-corrected chi connectivity index (χ3v) is 5.03. The fraction of sp³-hybridized carbons (Fsp3) is 0.208. The predicted molar refractivity (Wildman–Crippen MR) is 117 cm³/mol. The molecule has 0 spiro atoms. The molecule has 6 nitrogen and oxygen atoms in total. The van der Waals surface area contributed by atoms with E-state index in [2.05, 4.69) is 26.8 Å². The number of aromatic nitrogens is 3. The first-order valence-corrected chi connectivity index (χ1v) is 10.00. The van der Waals surface area contributed by atoms with Gasteiger partial charge in [-0.2, -0.15) is 0 Å². The predicted octanol–water partition coefficient (Wildman–Crippen LogP) is 3.85. The summed E-state index contributed by atoms with van der Waals surface area (Å²) >= 11 is 0. The molecular formula is C24H24N4O2. The fourth-order valence-electron chi connectivity index (χ4n) is 3.52. The number of fused-ring (bicyclic) bond motifs is 1. The maximum Gasteiger partial charge on any atom is 0.224 e. The Labute approximate surface area is 175 Å². The molecule has 1 N–H and O–H groups in total. The zero-order valence-corrected chi connectivity index (χ0v) is 17.1. The highest BCUT2D eigenvalue weighted by Crippen LogP contribution is 2.21. The normalized spacial score (nSPS) is 10.9. The molecular weight excluding hydrogens is 376 g/mol. The lowest BCUT2D eigenvalue weighted by atomic mass is 10.1. The van der Waals surface area contributed by atoms with Crippen molar-refractivity contribution in [3.8, 4) is 11.4 Å². The second-order valence-electron chi connectivity index (χ2n) is 6.99. The molecule has 0 radical (unpaired) electrons. The van der Waals surface area contributed by atoms with Crippen LogP contribution in [0.3, 0.4) is 0 Å². The number of nitrogens with one attached hydrogen (secondary N) is 1. The average molecular weight is 400 g/mol. The van der Waals surface area contributed by atoms with Gasteiger partial charge in [-0.25, -0.2) is 9.97 Å². The monoisotopic (exact) mass is 400 g/mol. The van der Waals surface area contributed by atoms with Crippen molar-refractivity contribution in [2.24, 2.45) is 0 Å². The second-order valence-corrected chi connectivity index (χ2v) is 6.99. The molecule has 0 unspecified atom stereocenters. The number of ether oxygens (including phenoxy) is 1. The first-order valence-electron chi connectivity index (χ1n) is 10.00. The van der Waals surface area contributed by atoms with Gasteiger partial charge >= 0.3 is 0 Å². The number of methoxy groups -OCH3 is 1. The summed E-state index contributed by atoms with van der Waals surface area (Å²) in [7, 11) is 1.63. The van der Waals surface area contributed by atoms with Gasteiger partial charge < -0.3 is 10.1 Å². The van der Waals surface area contributed by atoms with Crippen LogP contribution >= 0.6 is 0 Å². The number of hydrogen-bond donors (Lipinski definition) is 1. The molecule has 30 heavy (non-hydrogen) atoms. The molecule has 4 rings (SSSR count). The van der Waals surface area contributed by atoms with E-state index in [9.17, 15) is 4.79 Å². The summed E-state index contributed by atoms with van der Waals surface area (Å²) < 4.78 is 7.40. The summed E-state index contributed by atoms with van der Waals surface area (Å²) in [6.07, 6.45) is 2.91. The van der Waals surface area contributed by atoms with Crippen LogP contribution in [0.25, 0.3) is 16.9 Å². The van der Waals surface area contributed by atoms with E-state index in [0.29, 0.717) is 13.0 Å². The maximum atomic E-state index is 12.4. The lowest BCUT2D eigenvalue weighted by molar-refractivity contribution is -0.120. The van der Waals surface area contributed by atoms with E-state index in [0.717, 1.165) is 46.0 Å². The van der Waals surface area contributed by atoms with Crippen LogP contribution in [0.1, 0.15) is 23.9 Å². The molecule has 2 aromatic heterocycles. The van der Waals surface area contributed by atoms with Crippen LogP contribution in [0.15, 0.2) is 66.9 Å². The molecule has 0 saturated carbocycles. The first-order chi connectivity index (χ1) is 14.7. The van der Waals surface area contributed by atoms with Crippen LogP contribution in [0.4, 0.5) is 0 Å². The molecule has 0 saturated heterocycles. The Hall–Kier alpha value is -3.67. The lowest BCUT2D eigenvalue weighted by Gasteiger charge is -2.11. The van der Waals surface area contributed by atoms with Crippen molar-refractivity contribution in [3.63, 3.8) is 0 Å². The quantitative estimate of drug-likeness (QED) is 0.512. The Bertz CT molecular complexity index is 1170. The van der Waals surface area contributed by atoms with E-state index in [1.807, 2.05) is 60.7 Å². The molecule has 6 heteroatoms. The van der Waals surface area contributed by atoms with Gasteiger partial charge in [0.05, 0.1) is 13.5 Å². The molecule has 0 atom stereocenters. The number of hydrogen-bond acceptors (Lipinski definition) is 4. The molecule has 4 aromatic rings. The van der Waals surface area contributed by atoms with Gasteiger partial charge in [-0.05, 0) is 35.9 Å². The number of aryl methyl sites for hydroxylation is 1. The van der Waals surface area contributed by atoms with E-state index in [4.69, 9.17) is 4.74 Å². The van der Waals surface area contributed by atoms with Gasteiger partial charge in [0.1, 0.15) is 17.1 Å². The number of benzene rings is 2. The molecule has 0 aliphatic rings. The highest BCUT2D eigenvalue weighted by molar-refractivity contribution is 5.79. The van der Waals surface area contributed by atoms with Crippen LogP contribution in [0.2, 0.25) is 0 Å². The molecule has 2 aromatic carbocycles. The Morgan fingerprint density at radius 2 is 1.87 bits per heavy atom. The lowest BCUT2D eigenvalue weighted by Crippen LogP contribution is -2.24. The average Bonchev–Trinajstić information content (AvgIpc) is 3.17. The fourth-order valence-corrected chi connectivity index (χ4v) is 3.52. The number of carbonyl (C=O) groups excluding carboxylic acids is 1. The summed E-state index contributed by atoms with van der Waals surface area (Å²) in [6.45, 7) is 2.52. The van der Waals surface area contributed by atoms with Crippen molar-refractivity contribution in [2.45, 2.75) is 26.3 Å². The summed E-state index contributed by atoms with van der Waals surface area (Å²) in [5, 5.41) is 2.96. The van der Waals surface area contributed by atoms with Crippen molar-refractivity contribution in [2.75, 3.05) is 7.11 Å².